The second-order valence-corrected chi connectivity index (χ2v) is 3.96. The third-order valence-corrected chi connectivity index (χ3v) is 2.66. The normalized spacial score (nSPS) is 10.2. The highest BCUT2D eigenvalue weighted by atomic mass is 16.7. The topological polar surface area (TPSA) is 55.8 Å². The Morgan fingerprint density at radius 3 is 2.00 bits per heavy atom. The fraction of sp³-hybridized carbons (Fsp3) is 0.133. The summed E-state index contributed by atoms with van der Waals surface area (Å²) in [6.07, 6.45) is 0. The second kappa shape index (κ2) is 6.02. The summed E-state index contributed by atoms with van der Waals surface area (Å²) in [5.41, 5.74) is 2.24. The van der Waals surface area contributed by atoms with Crippen LogP contribution in [0.15, 0.2) is 48.5 Å². The van der Waals surface area contributed by atoms with E-state index >= 15 is 0 Å². The molecule has 0 aliphatic carbocycles. The zero-order valence-corrected chi connectivity index (χ0v) is 10.5. The van der Waals surface area contributed by atoms with Crippen molar-refractivity contribution in [2.75, 3.05) is 13.9 Å². The molecule has 0 aliphatic heterocycles. The number of rotatable bonds is 5. The van der Waals surface area contributed by atoms with Crippen LogP contribution in [0, 0.1) is 0 Å². The summed E-state index contributed by atoms with van der Waals surface area (Å²) < 4.78 is 10.1. The minimum absolute atomic E-state index is 0.215. The van der Waals surface area contributed by atoms with Crippen molar-refractivity contribution >= 4 is 5.97 Å². The lowest BCUT2D eigenvalue weighted by Crippen LogP contribution is -1.98. The van der Waals surface area contributed by atoms with Crippen LogP contribution >= 0.6 is 0 Å². The van der Waals surface area contributed by atoms with Gasteiger partial charge in [-0.05, 0) is 35.4 Å². The lowest BCUT2D eigenvalue weighted by atomic mass is 10.0. The molecule has 0 fully saturated rings. The number of carboxylic acids is 1. The third kappa shape index (κ3) is 3.33. The van der Waals surface area contributed by atoms with Crippen LogP contribution in [0.25, 0.3) is 11.1 Å². The number of hydrogen-bond donors (Lipinski definition) is 1. The molecule has 98 valence electrons. The van der Waals surface area contributed by atoms with Gasteiger partial charge in [0, 0.05) is 7.11 Å². The quantitative estimate of drug-likeness (QED) is 0.837. The van der Waals surface area contributed by atoms with E-state index in [0.29, 0.717) is 0 Å². The number of aromatic carboxylic acids is 1. The van der Waals surface area contributed by atoms with E-state index < -0.39 is 5.97 Å². The predicted molar refractivity (Wildman–Crippen MR) is 71.3 cm³/mol. The number of methoxy groups -OCH3 is 1. The molecule has 0 heterocycles. The molecule has 2 rings (SSSR count). The highest BCUT2D eigenvalue weighted by Crippen LogP contribution is 2.22. The number of benzene rings is 2. The summed E-state index contributed by atoms with van der Waals surface area (Å²) in [7, 11) is 1.57. The van der Waals surface area contributed by atoms with Crippen molar-refractivity contribution in [3.8, 4) is 16.9 Å². The smallest absolute Gasteiger partial charge is 0.335 e. The molecule has 2 aromatic carbocycles. The molecule has 0 saturated heterocycles. The van der Waals surface area contributed by atoms with E-state index in [1.54, 1.807) is 31.4 Å². The molecule has 0 aliphatic rings. The Bertz CT molecular complexity index is 543. The van der Waals surface area contributed by atoms with Crippen LogP contribution in [0.3, 0.4) is 0 Å². The fourth-order valence-electron chi connectivity index (χ4n) is 1.68. The van der Waals surface area contributed by atoms with Crippen LogP contribution in [-0.2, 0) is 4.74 Å². The molecule has 0 aromatic heterocycles. The van der Waals surface area contributed by atoms with Gasteiger partial charge in [0.2, 0.25) is 0 Å². The van der Waals surface area contributed by atoms with Gasteiger partial charge < -0.3 is 14.6 Å². The Balaban J connectivity index is 2.15. The largest absolute Gasteiger partial charge is 0.478 e. The Morgan fingerprint density at radius 2 is 1.53 bits per heavy atom. The monoisotopic (exact) mass is 258 g/mol. The first-order chi connectivity index (χ1) is 9.20. The van der Waals surface area contributed by atoms with Gasteiger partial charge >= 0.3 is 5.97 Å². The molecule has 4 nitrogen and oxygen atoms in total. The Kier molecular flexibility index (Phi) is 4.15. The van der Waals surface area contributed by atoms with Crippen molar-refractivity contribution in [3.63, 3.8) is 0 Å². The van der Waals surface area contributed by atoms with Crippen molar-refractivity contribution in [2.24, 2.45) is 0 Å². The molecule has 0 spiro atoms. The summed E-state index contributed by atoms with van der Waals surface area (Å²) >= 11 is 0. The van der Waals surface area contributed by atoms with Crippen LogP contribution in [0.5, 0.6) is 5.75 Å². The molecule has 19 heavy (non-hydrogen) atoms. The van der Waals surface area contributed by atoms with E-state index in [9.17, 15) is 4.79 Å². The van der Waals surface area contributed by atoms with Crippen LogP contribution in [0.4, 0.5) is 0 Å². The van der Waals surface area contributed by atoms with Gasteiger partial charge in [0.05, 0.1) is 5.56 Å². The SMILES string of the molecule is COCOc1ccc(-c2ccc(C(=O)O)cc2)cc1. The van der Waals surface area contributed by atoms with Crippen molar-refractivity contribution in [2.45, 2.75) is 0 Å². The average molecular weight is 258 g/mol. The molecule has 1 N–H and O–H groups in total. The zero-order valence-electron chi connectivity index (χ0n) is 10.5. The molecule has 0 saturated carbocycles. The van der Waals surface area contributed by atoms with Gasteiger partial charge in [-0.25, -0.2) is 4.79 Å². The summed E-state index contributed by atoms with van der Waals surface area (Å²) in [6.45, 7) is 0.215. The third-order valence-electron chi connectivity index (χ3n) is 2.66. The standard InChI is InChI=1S/C15H14O4/c1-18-10-19-14-8-6-12(7-9-14)11-2-4-13(5-3-11)15(16)17/h2-9H,10H2,1H3,(H,16,17). The maximum atomic E-state index is 10.8. The van der Waals surface area contributed by atoms with Gasteiger partial charge in [-0.3, -0.25) is 0 Å². The fourth-order valence-corrected chi connectivity index (χ4v) is 1.68. The molecule has 0 bridgehead atoms. The zero-order chi connectivity index (χ0) is 13.7. The summed E-state index contributed by atoms with van der Waals surface area (Å²) in [4.78, 5) is 10.8. The minimum atomic E-state index is -0.921. The molecule has 0 unspecified atom stereocenters. The molecule has 2 aromatic rings. The van der Waals surface area contributed by atoms with Crippen LogP contribution < -0.4 is 4.74 Å². The van der Waals surface area contributed by atoms with Crippen molar-refractivity contribution in [1.82, 2.24) is 0 Å². The number of carboxylic acid groups (broad SMARTS) is 1. The van der Waals surface area contributed by atoms with E-state index in [1.807, 2.05) is 24.3 Å². The molecular weight excluding hydrogens is 244 g/mol. The summed E-state index contributed by atoms with van der Waals surface area (Å²) in [5, 5.41) is 8.84. The van der Waals surface area contributed by atoms with E-state index in [2.05, 4.69) is 0 Å². The van der Waals surface area contributed by atoms with Crippen molar-refractivity contribution in [1.29, 1.82) is 0 Å². The number of hydrogen-bond acceptors (Lipinski definition) is 3. The van der Waals surface area contributed by atoms with E-state index in [0.717, 1.165) is 16.9 Å². The number of ether oxygens (including phenoxy) is 2. The lowest BCUT2D eigenvalue weighted by Gasteiger charge is -2.06. The highest BCUT2D eigenvalue weighted by Gasteiger charge is 2.03. The van der Waals surface area contributed by atoms with Gasteiger partial charge in [-0.1, -0.05) is 24.3 Å². The lowest BCUT2D eigenvalue weighted by molar-refractivity contribution is 0.0511. The average Bonchev–Trinajstić information content (AvgIpc) is 2.46. The summed E-state index contributed by atoms with van der Waals surface area (Å²) in [6, 6.07) is 14.3. The molecular formula is C15H14O4. The van der Waals surface area contributed by atoms with Gasteiger partial charge in [-0.2, -0.15) is 0 Å². The van der Waals surface area contributed by atoms with E-state index in [1.165, 1.54) is 0 Å². The molecule has 4 heteroatoms. The van der Waals surface area contributed by atoms with Gasteiger partial charge in [0.15, 0.2) is 6.79 Å². The van der Waals surface area contributed by atoms with Gasteiger partial charge in [0.25, 0.3) is 0 Å². The second-order valence-electron chi connectivity index (χ2n) is 3.96. The van der Waals surface area contributed by atoms with Gasteiger partial charge in [-0.15, -0.1) is 0 Å². The minimum Gasteiger partial charge on any atom is -0.478 e. The Labute approximate surface area is 111 Å². The highest BCUT2D eigenvalue weighted by molar-refractivity contribution is 5.88. The van der Waals surface area contributed by atoms with Crippen molar-refractivity contribution in [3.05, 3.63) is 54.1 Å². The van der Waals surface area contributed by atoms with Crippen molar-refractivity contribution < 1.29 is 19.4 Å². The first kappa shape index (κ1) is 13.1. The predicted octanol–water partition coefficient (Wildman–Crippen LogP) is 3.03. The van der Waals surface area contributed by atoms with E-state index in [4.69, 9.17) is 14.6 Å². The maximum Gasteiger partial charge on any atom is 0.335 e. The van der Waals surface area contributed by atoms with Crippen LogP contribution in [0.2, 0.25) is 0 Å². The van der Waals surface area contributed by atoms with E-state index in [-0.39, 0.29) is 12.4 Å². The first-order valence-corrected chi connectivity index (χ1v) is 5.76. The summed E-state index contributed by atoms with van der Waals surface area (Å²) in [5.74, 6) is -0.192. The molecule has 0 amide bonds. The molecule has 0 radical (unpaired) electrons. The Hall–Kier alpha value is -2.33. The number of carbonyl (C=O) groups is 1. The maximum absolute atomic E-state index is 10.8. The van der Waals surface area contributed by atoms with Crippen LogP contribution in [-0.4, -0.2) is 25.0 Å². The van der Waals surface area contributed by atoms with Gasteiger partial charge in [0.1, 0.15) is 5.75 Å². The molecule has 0 atom stereocenters. The Morgan fingerprint density at radius 1 is 1.00 bits per heavy atom. The van der Waals surface area contributed by atoms with Crippen LogP contribution in [0.1, 0.15) is 10.4 Å². The first-order valence-electron chi connectivity index (χ1n) is 5.76.